The molecule has 3 aromatic carbocycles. The Morgan fingerprint density at radius 1 is 1.19 bits per heavy atom. The summed E-state index contributed by atoms with van der Waals surface area (Å²) in [6.45, 7) is 1.73. The molecule has 0 fully saturated rings. The molecule has 0 radical (unpaired) electrons. The van der Waals surface area contributed by atoms with Crippen molar-refractivity contribution in [2.24, 2.45) is 0 Å². The molecule has 0 saturated heterocycles. The van der Waals surface area contributed by atoms with Crippen molar-refractivity contribution in [2.75, 3.05) is 24.3 Å². The smallest absolute Gasteiger partial charge is 0.345 e. The number of halogens is 2. The number of hydrogen-bond donors (Lipinski definition) is 3. The monoisotopic (exact) mass is 589 g/mol. The fourth-order valence-electron chi connectivity index (χ4n) is 4.83. The van der Waals surface area contributed by atoms with Crippen LogP contribution in [0.5, 0.6) is 11.8 Å². The van der Waals surface area contributed by atoms with Gasteiger partial charge in [-0.3, -0.25) is 15.0 Å². The number of hydrazine groups is 2. The van der Waals surface area contributed by atoms with Gasteiger partial charge in [-0.1, -0.05) is 35.9 Å². The molecule has 0 aliphatic carbocycles. The Morgan fingerprint density at radius 3 is 2.86 bits per heavy atom. The van der Waals surface area contributed by atoms with E-state index >= 15 is 0 Å². The molecule has 11 nitrogen and oxygen atoms in total. The summed E-state index contributed by atoms with van der Waals surface area (Å²) in [4.78, 5) is 42.0. The molecular formula is C29H25ClFN7O4. The second-order valence-electron chi connectivity index (χ2n) is 9.70. The van der Waals surface area contributed by atoms with E-state index in [1.54, 1.807) is 25.1 Å². The van der Waals surface area contributed by atoms with Crippen molar-refractivity contribution in [2.45, 2.75) is 19.5 Å². The summed E-state index contributed by atoms with van der Waals surface area (Å²) in [6.07, 6.45) is 1.42. The minimum Gasteiger partial charge on any atom is -0.497 e. The average molecular weight is 590 g/mol. The van der Waals surface area contributed by atoms with Gasteiger partial charge in [-0.15, -0.1) is 10.7 Å². The lowest BCUT2D eigenvalue weighted by Crippen LogP contribution is -2.39. The Bertz CT molecular complexity index is 1700. The summed E-state index contributed by atoms with van der Waals surface area (Å²) in [7, 11) is 1.48. The van der Waals surface area contributed by atoms with Gasteiger partial charge in [0.25, 0.3) is 5.91 Å². The Hall–Kier alpha value is -4.94. The van der Waals surface area contributed by atoms with Gasteiger partial charge in [-0.2, -0.15) is 4.98 Å². The SMILES string of the molecule is COc1ccc(F)c([C@@H](C)NC(=O)CN2Cc3ccc(-c4nc(ON5NNc6ccccc65)ncc4Cl)cc3C2=O)c1. The highest BCUT2D eigenvalue weighted by Crippen LogP contribution is 2.33. The highest BCUT2D eigenvalue weighted by atomic mass is 35.5. The van der Waals surface area contributed by atoms with Crippen molar-refractivity contribution < 1.29 is 23.6 Å². The molecule has 0 saturated carbocycles. The molecular weight excluding hydrogens is 565 g/mol. The van der Waals surface area contributed by atoms with Gasteiger partial charge in [0.2, 0.25) is 5.91 Å². The molecule has 1 atom stereocenters. The van der Waals surface area contributed by atoms with E-state index in [0.29, 0.717) is 22.6 Å². The summed E-state index contributed by atoms with van der Waals surface area (Å²) in [5, 5.41) is 4.42. The summed E-state index contributed by atoms with van der Waals surface area (Å²) in [5.74, 6) is -0.715. The number of carbonyl (C=O) groups excluding carboxylic acids is 2. The fourth-order valence-corrected chi connectivity index (χ4v) is 5.03. The number of benzene rings is 3. The first-order valence-electron chi connectivity index (χ1n) is 13.0. The molecule has 4 aromatic rings. The van der Waals surface area contributed by atoms with E-state index in [1.807, 2.05) is 24.3 Å². The standard InChI is InChI=1S/C29H25ClFN7O4/c1-16(20-12-19(41-2)9-10-23(20)31)33-26(39)15-37-14-18-8-7-17(11-21(18)28(37)40)27-22(30)13-32-29(34-27)42-38-25-6-4-3-5-24(25)35-36-38/h3-13,16,35-36H,14-15H2,1-2H3,(H,33,39)/t16-/m1/s1. The summed E-state index contributed by atoms with van der Waals surface area (Å²) >= 11 is 6.44. The van der Waals surface area contributed by atoms with Crippen LogP contribution in [0.4, 0.5) is 15.8 Å². The lowest BCUT2D eigenvalue weighted by Gasteiger charge is -2.19. The van der Waals surface area contributed by atoms with E-state index in [0.717, 1.165) is 16.9 Å². The van der Waals surface area contributed by atoms with Crippen LogP contribution < -0.4 is 31.0 Å². The number of amides is 2. The van der Waals surface area contributed by atoms with E-state index < -0.39 is 17.8 Å². The van der Waals surface area contributed by atoms with Crippen molar-refractivity contribution in [3.05, 3.63) is 94.4 Å². The number of methoxy groups -OCH3 is 1. The highest BCUT2D eigenvalue weighted by molar-refractivity contribution is 6.32. The molecule has 3 heterocycles. The number of carbonyl (C=O) groups is 2. The number of nitrogens with one attached hydrogen (secondary N) is 3. The van der Waals surface area contributed by atoms with Gasteiger partial charge >= 0.3 is 6.01 Å². The van der Waals surface area contributed by atoms with E-state index in [2.05, 4.69) is 26.2 Å². The largest absolute Gasteiger partial charge is 0.497 e. The quantitative estimate of drug-likeness (QED) is 0.274. The number of rotatable bonds is 8. The predicted molar refractivity (Wildman–Crippen MR) is 153 cm³/mol. The van der Waals surface area contributed by atoms with Crippen molar-refractivity contribution in [3.8, 4) is 23.0 Å². The predicted octanol–water partition coefficient (Wildman–Crippen LogP) is 4.42. The number of anilines is 2. The molecule has 1 aromatic heterocycles. The van der Waals surface area contributed by atoms with Crippen molar-refractivity contribution >= 4 is 34.8 Å². The van der Waals surface area contributed by atoms with Crippen LogP contribution in [0.2, 0.25) is 5.02 Å². The lowest BCUT2D eigenvalue weighted by molar-refractivity contribution is -0.122. The van der Waals surface area contributed by atoms with E-state index in [9.17, 15) is 14.0 Å². The van der Waals surface area contributed by atoms with Crippen LogP contribution in [0.15, 0.2) is 66.9 Å². The maximum atomic E-state index is 14.3. The number of hydrogen-bond acceptors (Lipinski definition) is 9. The average Bonchev–Trinajstić information content (AvgIpc) is 3.54. The van der Waals surface area contributed by atoms with E-state index in [1.165, 1.54) is 41.6 Å². The van der Waals surface area contributed by atoms with Crippen molar-refractivity contribution in [1.82, 2.24) is 25.7 Å². The van der Waals surface area contributed by atoms with Gasteiger partial charge in [0.05, 0.1) is 35.8 Å². The van der Waals surface area contributed by atoms with Crippen molar-refractivity contribution in [1.29, 1.82) is 0 Å². The Labute approximate surface area is 245 Å². The van der Waals surface area contributed by atoms with E-state index in [4.69, 9.17) is 21.2 Å². The molecule has 2 aliphatic rings. The molecule has 214 valence electrons. The maximum Gasteiger partial charge on any atom is 0.345 e. The molecule has 2 amide bonds. The number of para-hydroxylation sites is 2. The third-order valence-corrected chi connectivity index (χ3v) is 7.23. The fraction of sp³-hybridized carbons (Fsp3) is 0.172. The van der Waals surface area contributed by atoms with Crippen LogP contribution in [0.1, 0.15) is 34.5 Å². The molecule has 3 N–H and O–H groups in total. The summed E-state index contributed by atoms with van der Waals surface area (Å²) < 4.78 is 19.5. The summed E-state index contributed by atoms with van der Waals surface area (Å²) in [6, 6.07) is 16.5. The molecule has 13 heteroatoms. The van der Waals surface area contributed by atoms with Gasteiger partial charge < -0.3 is 19.8 Å². The normalized spacial score (nSPS) is 14.2. The summed E-state index contributed by atoms with van der Waals surface area (Å²) in [5.41, 5.74) is 9.86. The second kappa shape index (κ2) is 11.1. The molecule has 0 bridgehead atoms. The van der Waals surface area contributed by atoms with Gasteiger partial charge in [-0.05, 0) is 48.9 Å². The topological polar surface area (TPSA) is 121 Å². The Balaban J connectivity index is 1.15. The lowest BCUT2D eigenvalue weighted by atomic mass is 10.0. The molecule has 6 rings (SSSR count). The minimum atomic E-state index is -0.629. The van der Waals surface area contributed by atoms with Crippen LogP contribution in [0.25, 0.3) is 11.3 Å². The van der Waals surface area contributed by atoms with Gasteiger partial charge in [-0.25, -0.2) is 9.37 Å². The number of fused-ring (bicyclic) bond motifs is 2. The molecule has 42 heavy (non-hydrogen) atoms. The molecule has 0 unspecified atom stereocenters. The van der Waals surface area contributed by atoms with Crippen LogP contribution in [-0.4, -0.2) is 40.3 Å². The second-order valence-corrected chi connectivity index (χ2v) is 10.1. The van der Waals surface area contributed by atoms with Crippen LogP contribution >= 0.6 is 11.6 Å². The van der Waals surface area contributed by atoms with Crippen LogP contribution in [-0.2, 0) is 11.3 Å². The van der Waals surface area contributed by atoms with Gasteiger partial charge in [0.15, 0.2) is 0 Å². The number of ether oxygens (including phenoxy) is 1. The third kappa shape index (κ3) is 5.24. The first-order valence-corrected chi connectivity index (χ1v) is 13.3. The maximum absolute atomic E-state index is 14.3. The zero-order valence-electron chi connectivity index (χ0n) is 22.5. The van der Waals surface area contributed by atoms with Crippen LogP contribution in [0, 0.1) is 5.82 Å². The van der Waals surface area contributed by atoms with Crippen LogP contribution in [0.3, 0.4) is 0 Å². The van der Waals surface area contributed by atoms with Crippen molar-refractivity contribution in [3.63, 3.8) is 0 Å². The first-order chi connectivity index (χ1) is 20.3. The minimum absolute atomic E-state index is 0.0344. The third-order valence-electron chi connectivity index (χ3n) is 6.95. The molecule has 2 aliphatic heterocycles. The zero-order chi connectivity index (χ0) is 29.4. The zero-order valence-corrected chi connectivity index (χ0v) is 23.3. The first kappa shape index (κ1) is 27.2. The van der Waals surface area contributed by atoms with E-state index in [-0.39, 0.29) is 35.6 Å². The number of nitrogens with zero attached hydrogens (tertiary/aromatic N) is 4. The number of aromatic nitrogens is 2. The Kier molecular flexibility index (Phi) is 7.23. The Morgan fingerprint density at radius 2 is 2.02 bits per heavy atom. The highest BCUT2D eigenvalue weighted by Gasteiger charge is 2.30. The molecule has 0 spiro atoms. The van der Waals surface area contributed by atoms with Gasteiger partial charge in [0.1, 0.15) is 23.8 Å². The van der Waals surface area contributed by atoms with Gasteiger partial charge in [0, 0.05) is 23.2 Å².